The van der Waals surface area contributed by atoms with Crippen LogP contribution < -0.4 is 9.64 Å². The molecule has 2 fully saturated rings. The predicted molar refractivity (Wildman–Crippen MR) is 110 cm³/mol. The van der Waals surface area contributed by atoms with Gasteiger partial charge in [0.15, 0.2) is 6.10 Å². The van der Waals surface area contributed by atoms with Crippen LogP contribution in [0.5, 0.6) is 5.75 Å². The maximum atomic E-state index is 12.9. The van der Waals surface area contributed by atoms with E-state index < -0.39 is 6.10 Å². The van der Waals surface area contributed by atoms with Crippen molar-refractivity contribution >= 4 is 23.3 Å². The first kappa shape index (κ1) is 19.4. The van der Waals surface area contributed by atoms with Crippen LogP contribution >= 0.6 is 0 Å². The Balaban J connectivity index is 1.52. The number of nitrogens with zero attached hydrogens (tertiary/aromatic N) is 1. The first-order valence-corrected chi connectivity index (χ1v) is 10.2. The topological polar surface area (TPSA) is 63.7 Å². The Bertz CT molecular complexity index is 939. The lowest BCUT2D eigenvalue weighted by molar-refractivity contribution is -0.122. The lowest BCUT2D eigenvalue weighted by Crippen LogP contribution is -2.31. The van der Waals surface area contributed by atoms with Gasteiger partial charge in [0.1, 0.15) is 5.75 Å². The number of carbonyl (C=O) groups is 3. The zero-order valence-electron chi connectivity index (χ0n) is 16.7. The summed E-state index contributed by atoms with van der Waals surface area (Å²) in [6, 6.07) is 15.9. The van der Waals surface area contributed by atoms with E-state index in [4.69, 9.17) is 4.74 Å². The SMILES string of the molecule is C[C@@H]1CC[C@@H]2C(=O)N(c3cccc(O[C@H](C)C(=O)c4ccccc4)c3)C(=O)[C@H]2C1. The highest BCUT2D eigenvalue weighted by atomic mass is 16.5. The van der Waals surface area contributed by atoms with E-state index in [0.717, 1.165) is 19.3 Å². The van der Waals surface area contributed by atoms with E-state index in [0.29, 0.717) is 22.9 Å². The van der Waals surface area contributed by atoms with Crippen molar-refractivity contribution in [3.05, 3.63) is 60.2 Å². The molecule has 5 nitrogen and oxygen atoms in total. The number of ketones is 1. The highest BCUT2D eigenvalue weighted by molar-refractivity contribution is 6.22. The number of benzene rings is 2. The average molecular weight is 391 g/mol. The van der Waals surface area contributed by atoms with Gasteiger partial charge >= 0.3 is 0 Å². The summed E-state index contributed by atoms with van der Waals surface area (Å²) in [6.45, 7) is 3.83. The molecule has 4 rings (SSSR count). The molecule has 29 heavy (non-hydrogen) atoms. The van der Waals surface area contributed by atoms with E-state index in [1.165, 1.54) is 4.90 Å². The third-order valence-electron chi connectivity index (χ3n) is 6.00. The number of hydrogen-bond acceptors (Lipinski definition) is 4. The summed E-state index contributed by atoms with van der Waals surface area (Å²) in [5.74, 6) is 0.158. The van der Waals surface area contributed by atoms with Crippen molar-refractivity contribution in [1.29, 1.82) is 0 Å². The summed E-state index contributed by atoms with van der Waals surface area (Å²) in [5.41, 5.74) is 1.10. The van der Waals surface area contributed by atoms with Gasteiger partial charge in [-0.15, -0.1) is 0 Å². The highest BCUT2D eigenvalue weighted by Gasteiger charge is 2.50. The van der Waals surface area contributed by atoms with Crippen molar-refractivity contribution in [2.24, 2.45) is 17.8 Å². The molecule has 2 aliphatic rings. The Morgan fingerprint density at radius 3 is 2.48 bits per heavy atom. The summed E-state index contributed by atoms with van der Waals surface area (Å²) >= 11 is 0. The van der Waals surface area contributed by atoms with Crippen molar-refractivity contribution < 1.29 is 19.1 Å². The Kier molecular flexibility index (Phi) is 5.22. The number of fused-ring (bicyclic) bond motifs is 1. The second-order valence-corrected chi connectivity index (χ2v) is 8.13. The van der Waals surface area contributed by atoms with Gasteiger partial charge in [-0.1, -0.05) is 43.3 Å². The van der Waals surface area contributed by atoms with Gasteiger partial charge < -0.3 is 4.74 Å². The van der Waals surface area contributed by atoms with E-state index in [9.17, 15) is 14.4 Å². The van der Waals surface area contributed by atoms with Gasteiger partial charge in [-0.2, -0.15) is 0 Å². The molecule has 0 unspecified atom stereocenters. The summed E-state index contributed by atoms with van der Waals surface area (Å²) in [4.78, 5) is 39.7. The molecule has 2 aromatic carbocycles. The molecule has 1 aliphatic carbocycles. The monoisotopic (exact) mass is 391 g/mol. The molecule has 1 aliphatic heterocycles. The number of imide groups is 1. The second kappa shape index (κ2) is 7.82. The summed E-state index contributed by atoms with van der Waals surface area (Å²) in [6.07, 6.45) is 1.84. The molecule has 0 radical (unpaired) electrons. The third-order valence-corrected chi connectivity index (χ3v) is 6.00. The van der Waals surface area contributed by atoms with Gasteiger partial charge in [0.2, 0.25) is 17.6 Å². The molecule has 2 aromatic rings. The van der Waals surface area contributed by atoms with Crippen LogP contribution in [0.1, 0.15) is 43.5 Å². The Morgan fingerprint density at radius 2 is 1.72 bits per heavy atom. The molecule has 0 spiro atoms. The third kappa shape index (κ3) is 3.69. The minimum atomic E-state index is -0.680. The number of hydrogen-bond donors (Lipinski definition) is 0. The zero-order valence-corrected chi connectivity index (χ0v) is 16.7. The molecule has 0 aromatic heterocycles. The maximum absolute atomic E-state index is 12.9. The fourth-order valence-electron chi connectivity index (χ4n) is 4.43. The molecule has 5 heteroatoms. The fourth-order valence-corrected chi connectivity index (χ4v) is 4.43. The Hall–Kier alpha value is -2.95. The highest BCUT2D eigenvalue weighted by Crippen LogP contribution is 2.42. The quantitative estimate of drug-likeness (QED) is 0.564. The van der Waals surface area contributed by atoms with Gasteiger partial charge in [-0.05, 0) is 44.2 Å². The Morgan fingerprint density at radius 1 is 1.00 bits per heavy atom. The number of rotatable bonds is 5. The lowest BCUT2D eigenvalue weighted by atomic mass is 9.76. The second-order valence-electron chi connectivity index (χ2n) is 8.13. The fraction of sp³-hybridized carbons (Fsp3) is 0.375. The lowest BCUT2D eigenvalue weighted by Gasteiger charge is -2.25. The van der Waals surface area contributed by atoms with Crippen molar-refractivity contribution in [2.75, 3.05) is 4.90 Å². The number of anilines is 1. The number of ether oxygens (including phenoxy) is 1. The van der Waals surface area contributed by atoms with Crippen molar-refractivity contribution in [3.63, 3.8) is 0 Å². The average Bonchev–Trinajstić information content (AvgIpc) is 2.98. The van der Waals surface area contributed by atoms with E-state index >= 15 is 0 Å². The molecule has 1 saturated carbocycles. The normalized spacial score (nSPS) is 24.9. The molecule has 0 bridgehead atoms. The van der Waals surface area contributed by atoms with Crippen LogP contribution in [0.3, 0.4) is 0 Å². The van der Waals surface area contributed by atoms with Crippen molar-refractivity contribution in [2.45, 2.75) is 39.2 Å². The number of Topliss-reactive ketones (excluding diaryl/α,β-unsaturated/α-hetero) is 1. The first-order chi connectivity index (χ1) is 14.0. The summed E-state index contributed by atoms with van der Waals surface area (Å²) in [5, 5.41) is 0. The van der Waals surface area contributed by atoms with E-state index in [1.807, 2.05) is 18.2 Å². The van der Waals surface area contributed by atoms with Crippen LogP contribution in [0.15, 0.2) is 54.6 Å². The van der Waals surface area contributed by atoms with Crippen LogP contribution in [0.2, 0.25) is 0 Å². The molecule has 150 valence electrons. The summed E-state index contributed by atoms with van der Waals surface area (Å²) < 4.78 is 5.84. The molecule has 4 atom stereocenters. The number of carbonyl (C=O) groups excluding carboxylic acids is 3. The molecular weight excluding hydrogens is 366 g/mol. The first-order valence-electron chi connectivity index (χ1n) is 10.2. The molecule has 0 N–H and O–H groups in total. The van der Waals surface area contributed by atoms with Crippen LogP contribution in [0.25, 0.3) is 0 Å². The van der Waals surface area contributed by atoms with Crippen molar-refractivity contribution in [3.8, 4) is 5.75 Å². The summed E-state index contributed by atoms with van der Waals surface area (Å²) in [7, 11) is 0. The van der Waals surface area contributed by atoms with Gasteiger partial charge in [0, 0.05) is 11.6 Å². The molecule has 2 amide bonds. The van der Waals surface area contributed by atoms with Gasteiger partial charge in [-0.25, -0.2) is 4.90 Å². The number of amides is 2. The predicted octanol–water partition coefficient (Wildman–Crippen LogP) is 4.26. The van der Waals surface area contributed by atoms with Gasteiger partial charge in [0.25, 0.3) is 0 Å². The standard InChI is InChI=1S/C24H25NO4/c1-15-11-12-20-21(13-15)24(28)25(23(20)27)18-9-6-10-19(14-18)29-16(2)22(26)17-7-4-3-5-8-17/h3-10,14-16,20-21H,11-13H2,1-2H3/t15-,16-,20+,21+/m1/s1. The zero-order chi connectivity index (χ0) is 20.5. The Labute approximate surface area is 170 Å². The van der Waals surface area contributed by atoms with E-state index in [-0.39, 0.29) is 29.4 Å². The van der Waals surface area contributed by atoms with E-state index in [2.05, 4.69) is 6.92 Å². The van der Waals surface area contributed by atoms with Crippen molar-refractivity contribution in [1.82, 2.24) is 0 Å². The largest absolute Gasteiger partial charge is 0.482 e. The van der Waals surface area contributed by atoms with Crippen LogP contribution in [0, 0.1) is 17.8 Å². The maximum Gasteiger partial charge on any atom is 0.237 e. The molecule has 1 heterocycles. The van der Waals surface area contributed by atoms with Gasteiger partial charge in [0.05, 0.1) is 17.5 Å². The van der Waals surface area contributed by atoms with Crippen LogP contribution in [-0.4, -0.2) is 23.7 Å². The van der Waals surface area contributed by atoms with Gasteiger partial charge in [-0.3, -0.25) is 14.4 Å². The van der Waals surface area contributed by atoms with Crippen LogP contribution in [-0.2, 0) is 9.59 Å². The minimum Gasteiger partial charge on any atom is -0.482 e. The van der Waals surface area contributed by atoms with E-state index in [1.54, 1.807) is 43.3 Å². The molecular formula is C24H25NO4. The smallest absolute Gasteiger partial charge is 0.237 e. The minimum absolute atomic E-state index is 0.113. The van der Waals surface area contributed by atoms with Crippen LogP contribution in [0.4, 0.5) is 5.69 Å². The molecule has 1 saturated heterocycles.